The lowest BCUT2D eigenvalue weighted by atomic mass is 10.2. The number of furan rings is 1. The highest BCUT2D eigenvalue weighted by Crippen LogP contribution is 2.26. The number of carbonyl (C=O) groups is 2. The standard InChI is InChI=1S/C18H12ClN3O3S/c19-14-2-1-11(7-20)16(6-14)22-18(24)17(23)21-8-15-5-13(10-26-15)12-3-4-25-9-12/h1-6,9-10H,8H2,(H,21,23)(H,22,24). The molecule has 0 aliphatic heterocycles. The van der Waals surface area contributed by atoms with E-state index in [4.69, 9.17) is 21.3 Å². The van der Waals surface area contributed by atoms with Gasteiger partial charge in [0.25, 0.3) is 0 Å². The molecule has 0 spiro atoms. The number of amides is 2. The number of hydrogen-bond donors (Lipinski definition) is 2. The van der Waals surface area contributed by atoms with E-state index in [1.807, 2.05) is 23.6 Å². The van der Waals surface area contributed by atoms with Crippen molar-refractivity contribution in [1.29, 1.82) is 5.26 Å². The van der Waals surface area contributed by atoms with Gasteiger partial charge in [-0.2, -0.15) is 5.26 Å². The summed E-state index contributed by atoms with van der Waals surface area (Å²) in [5, 5.41) is 16.3. The number of halogens is 1. The van der Waals surface area contributed by atoms with Crippen molar-refractivity contribution in [3.05, 3.63) is 63.7 Å². The molecule has 0 aliphatic carbocycles. The molecular weight excluding hydrogens is 374 g/mol. The largest absolute Gasteiger partial charge is 0.472 e. The first kappa shape index (κ1) is 17.7. The third kappa shape index (κ3) is 4.11. The van der Waals surface area contributed by atoms with Crippen LogP contribution in [0, 0.1) is 11.3 Å². The second-order valence-electron chi connectivity index (χ2n) is 5.25. The van der Waals surface area contributed by atoms with Crippen molar-refractivity contribution in [3.63, 3.8) is 0 Å². The Labute approximate surface area is 158 Å². The number of benzene rings is 1. The van der Waals surface area contributed by atoms with Crippen LogP contribution in [0.3, 0.4) is 0 Å². The first-order chi connectivity index (χ1) is 12.6. The van der Waals surface area contributed by atoms with Crippen molar-refractivity contribution >= 4 is 40.4 Å². The van der Waals surface area contributed by atoms with Gasteiger partial charge in [-0.25, -0.2) is 0 Å². The fraction of sp³-hybridized carbons (Fsp3) is 0.0556. The molecule has 2 heterocycles. The average Bonchev–Trinajstić information content (AvgIpc) is 3.31. The lowest BCUT2D eigenvalue weighted by Crippen LogP contribution is -2.34. The van der Waals surface area contributed by atoms with Crippen LogP contribution in [0.2, 0.25) is 5.02 Å². The van der Waals surface area contributed by atoms with Gasteiger partial charge in [0.2, 0.25) is 0 Å². The van der Waals surface area contributed by atoms with Crippen molar-refractivity contribution in [3.8, 4) is 17.2 Å². The molecule has 8 heteroatoms. The summed E-state index contributed by atoms with van der Waals surface area (Å²) in [6.07, 6.45) is 3.22. The molecule has 130 valence electrons. The van der Waals surface area contributed by atoms with E-state index >= 15 is 0 Å². The van der Waals surface area contributed by atoms with E-state index in [1.54, 1.807) is 12.5 Å². The summed E-state index contributed by atoms with van der Waals surface area (Å²) in [5.74, 6) is -1.66. The van der Waals surface area contributed by atoms with E-state index < -0.39 is 11.8 Å². The number of hydrogen-bond acceptors (Lipinski definition) is 5. The van der Waals surface area contributed by atoms with Crippen LogP contribution in [-0.2, 0) is 16.1 Å². The summed E-state index contributed by atoms with van der Waals surface area (Å²) in [4.78, 5) is 24.9. The molecule has 2 amide bonds. The minimum Gasteiger partial charge on any atom is -0.472 e. The van der Waals surface area contributed by atoms with Gasteiger partial charge in [0, 0.05) is 15.5 Å². The highest BCUT2D eigenvalue weighted by Gasteiger charge is 2.16. The highest BCUT2D eigenvalue weighted by atomic mass is 35.5. The predicted molar refractivity (Wildman–Crippen MR) is 98.7 cm³/mol. The summed E-state index contributed by atoms with van der Waals surface area (Å²) in [6.45, 7) is 0.218. The van der Waals surface area contributed by atoms with Crippen molar-refractivity contribution in [2.75, 3.05) is 5.32 Å². The van der Waals surface area contributed by atoms with Crippen LogP contribution in [0.4, 0.5) is 5.69 Å². The predicted octanol–water partition coefficient (Wildman–Crippen LogP) is 3.79. The number of nitrogens with zero attached hydrogens (tertiary/aromatic N) is 1. The molecule has 0 fully saturated rings. The van der Waals surface area contributed by atoms with Crippen LogP contribution in [0.15, 0.2) is 52.7 Å². The van der Waals surface area contributed by atoms with E-state index in [9.17, 15) is 9.59 Å². The third-order valence-corrected chi connectivity index (χ3v) is 4.66. The Hall–Kier alpha value is -3.08. The van der Waals surface area contributed by atoms with Crippen LogP contribution in [0.5, 0.6) is 0 Å². The molecule has 0 saturated carbocycles. The zero-order chi connectivity index (χ0) is 18.5. The maximum absolute atomic E-state index is 12.0. The molecule has 0 aliphatic rings. The number of anilines is 1. The van der Waals surface area contributed by atoms with E-state index in [0.29, 0.717) is 5.02 Å². The number of nitriles is 1. The smallest absolute Gasteiger partial charge is 0.313 e. The van der Waals surface area contributed by atoms with Gasteiger partial charge in [0.1, 0.15) is 6.07 Å². The van der Waals surface area contributed by atoms with Crippen LogP contribution in [0.1, 0.15) is 10.4 Å². The fourth-order valence-corrected chi connectivity index (χ4v) is 3.20. The highest BCUT2D eigenvalue weighted by molar-refractivity contribution is 7.10. The molecule has 3 rings (SSSR count). The van der Waals surface area contributed by atoms with Crippen LogP contribution in [-0.4, -0.2) is 11.8 Å². The number of nitrogens with one attached hydrogen (secondary N) is 2. The summed E-state index contributed by atoms with van der Waals surface area (Å²) in [7, 11) is 0. The number of rotatable bonds is 4. The summed E-state index contributed by atoms with van der Waals surface area (Å²) >= 11 is 7.32. The van der Waals surface area contributed by atoms with E-state index in [1.165, 1.54) is 29.5 Å². The normalized spacial score (nSPS) is 10.2. The van der Waals surface area contributed by atoms with Gasteiger partial charge in [-0.1, -0.05) is 11.6 Å². The molecule has 6 nitrogen and oxygen atoms in total. The molecule has 0 radical (unpaired) electrons. The molecule has 0 bridgehead atoms. The molecule has 2 aromatic heterocycles. The molecule has 0 unspecified atom stereocenters. The van der Waals surface area contributed by atoms with Crippen molar-refractivity contribution in [1.82, 2.24) is 5.32 Å². The quantitative estimate of drug-likeness (QED) is 0.668. The Balaban J connectivity index is 1.59. The molecule has 2 N–H and O–H groups in total. The van der Waals surface area contributed by atoms with Crippen LogP contribution < -0.4 is 10.6 Å². The van der Waals surface area contributed by atoms with Crippen molar-refractivity contribution in [2.45, 2.75) is 6.54 Å². The van der Waals surface area contributed by atoms with Gasteiger partial charge in [-0.15, -0.1) is 11.3 Å². The molecule has 0 saturated heterocycles. The first-order valence-electron chi connectivity index (χ1n) is 7.45. The lowest BCUT2D eigenvalue weighted by molar-refractivity contribution is -0.136. The third-order valence-electron chi connectivity index (χ3n) is 3.49. The summed E-state index contributed by atoms with van der Waals surface area (Å²) < 4.78 is 5.04. The van der Waals surface area contributed by atoms with Crippen LogP contribution in [0.25, 0.3) is 11.1 Å². The minimum atomic E-state index is -0.865. The van der Waals surface area contributed by atoms with Gasteiger partial charge in [0.05, 0.1) is 30.3 Å². The van der Waals surface area contributed by atoms with Gasteiger partial charge in [-0.3, -0.25) is 9.59 Å². The summed E-state index contributed by atoms with van der Waals surface area (Å²) in [6, 6.07) is 10.1. The Kier molecular flexibility index (Phi) is 5.37. The van der Waals surface area contributed by atoms with Crippen molar-refractivity contribution in [2.24, 2.45) is 0 Å². The Bertz CT molecular complexity index is 990. The van der Waals surface area contributed by atoms with Gasteiger partial charge < -0.3 is 15.1 Å². The second kappa shape index (κ2) is 7.87. The molecule has 26 heavy (non-hydrogen) atoms. The van der Waals surface area contributed by atoms with Crippen LogP contribution >= 0.6 is 22.9 Å². The molecule has 0 atom stereocenters. The average molecular weight is 386 g/mol. The molecular formula is C18H12ClN3O3S. The molecule has 1 aromatic carbocycles. The van der Waals surface area contributed by atoms with Gasteiger partial charge in [0.15, 0.2) is 0 Å². The Morgan fingerprint density at radius 1 is 1.19 bits per heavy atom. The van der Waals surface area contributed by atoms with E-state index in [-0.39, 0.29) is 17.8 Å². The number of carbonyl (C=O) groups excluding carboxylic acids is 2. The lowest BCUT2D eigenvalue weighted by Gasteiger charge is -2.07. The fourth-order valence-electron chi connectivity index (χ4n) is 2.20. The van der Waals surface area contributed by atoms with E-state index in [2.05, 4.69) is 10.6 Å². The topological polar surface area (TPSA) is 95.1 Å². The number of thiophene rings is 1. The zero-order valence-electron chi connectivity index (χ0n) is 13.3. The second-order valence-corrected chi connectivity index (χ2v) is 6.68. The van der Waals surface area contributed by atoms with Gasteiger partial charge in [-0.05, 0) is 41.3 Å². The monoisotopic (exact) mass is 385 g/mol. The molecule has 3 aromatic rings. The minimum absolute atomic E-state index is 0.193. The summed E-state index contributed by atoms with van der Waals surface area (Å²) in [5.41, 5.74) is 2.34. The SMILES string of the molecule is N#Cc1ccc(Cl)cc1NC(=O)C(=O)NCc1cc(-c2ccoc2)cs1. The van der Waals surface area contributed by atoms with E-state index in [0.717, 1.165) is 16.0 Å². The van der Waals surface area contributed by atoms with Gasteiger partial charge >= 0.3 is 11.8 Å². The van der Waals surface area contributed by atoms with Crippen molar-refractivity contribution < 1.29 is 14.0 Å². The maximum Gasteiger partial charge on any atom is 0.313 e. The maximum atomic E-state index is 12.0. The first-order valence-corrected chi connectivity index (χ1v) is 8.71. The Morgan fingerprint density at radius 2 is 2.04 bits per heavy atom. The Morgan fingerprint density at radius 3 is 2.77 bits per heavy atom. The zero-order valence-corrected chi connectivity index (χ0v) is 14.9.